The molecule has 2 amide bonds. The van der Waals surface area contributed by atoms with E-state index in [1.807, 2.05) is 0 Å². The van der Waals surface area contributed by atoms with Gasteiger partial charge in [-0.3, -0.25) is 4.98 Å². The SMILES string of the molecule is CC(C)(C)OC(=O)N(C(=O)Oc1cnco1)c1cnccn1. The van der Waals surface area contributed by atoms with E-state index < -0.39 is 17.8 Å². The van der Waals surface area contributed by atoms with Crippen LogP contribution in [0.5, 0.6) is 5.95 Å². The van der Waals surface area contributed by atoms with Crippen molar-refractivity contribution in [3.05, 3.63) is 31.2 Å². The van der Waals surface area contributed by atoms with Crippen LogP contribution in [0.2, 0.25) is 0 Å². The number of anilines is 1. The van der Waals surface area contributed by atoms with Gasteiger partial charge in [-0.25, -0.2) is 19.6 Å². The second-order valence-electron chi connectivity index (χ2n) is 5.07. The molecule has 0 aliphatic rings. The molecule has 2 aromatic heterocycles. The summed E-state index contributed by atoms with van der Waals surface area (Å²) in [6.07, 6.45) is 4.23. The molecule has 2 aromatic rings. The van der Waals surface area contributed by atoms with Gasteiger partial charge < -0.3 is 13.9 Å². The van der Waals surface area contributed by atoms with E-state index in [1.165, 1.54) is 24.8 Å². The van der Waals surface area contributed by atoms with Crippen LogP contribution >= 0.6 is 0 Å². The maximum absolute atomic E-state index is 12.2. The summed E-state index contributed by atoms with van der Waals surface area (Å²) in [4.78, 5) is 36.3. The third-order valence-electron chi connectivity index (χ3n) is 2.13. The van der Waals surface area contributed by atoms with E-state index in [0.717, 1.165) is 6.39 Å². The summed E-state index contributed by atoms with van der Waals surface area (Å²) >= 11 is 0. The lowest BCUT2D eigenvalue weighted by atomic mass is 10.2. The molecule has 0 spiro atoms. The first kappa shape index (κ1) is 15.4. The number of amides is 2. The molecular formula is C13H14N4O5. The van der Waals surface area contributed by atoms with Gasteiger partial charge in [-0.1, -0.05) is 0 Å². The van der Waals surface area contributed by atoms with Gasteiger partial charge in [0.15, 0.2) is 12.2 Å². The molecule has 2 rings (SSSR count). The van der Waals surface area contributed by atoms with Crippen molar-refractivity contribution in [2.75, 3.05) is 4.90 Å². The smallest absolute Gasteiger partial charge is 0.433 e. The van der Waals surface area contributed by atoms with Gasteiger partial charge in [0.2, 0.25) is 0 Å². The van der Waals surface area contributed by atoms with Crippen LogP contribution in [-0.2, 0) is 4.74 Å². The molecule has 0 aromatic carbocycles. The quantitative estimate of drug-likeness (QED) is 0.832. The zero-order valence-corrected chi connectivity index (χ0v) is 12.2. The van der Waals surface area contributed by atoms with Crippen molar-refractivity contribution in [3.8, 4) is 5.95 Å². The zero-order chi connectivity index (χ0) is 16.2. The second-order valence-corrected chi connectivity index (χ2v) is 5.07. The van der Waals surface area contributed by atoms with Gasteiger partial charge in [-0.2, -0.15) is 4.90 Å². The number of ether oxygens (including phenoxy) is 2. The largest absolute Gasteiger partial charge is 0.443 e. The van der Waals surface area contributed by atoms with Crippen LogP contribution in [0, 0.1) is 0 Å². The molecule has 0 atom stereocenters. The molecule has 0 saturated heterocycles. The minimum Gasteiger partial charge on any atom is -0.443 e. The van der Waals surface area contributed by atoms with Crippen LogP contribution in [0.1, 0.15) is 20.8 Å². The topological polar surface area (TPSA) is 108 Å². The Kier molecular flexibility index (Phi) is 4.35. The molecule has 0 bridgehead atoms. The molecule has 0 radical (unpaired) electrons. The zero-order valence-electron chi connectivity index (χ0n) is 12.2. The monoisotopic (exact) mass is 306 g/mol. The highest BCUT2D eigenvalue weighted by atomic mass is 16.6. The third-order valence-corrected chi connectivity index (χ3v) is 2.13. The maximum atomic E-state index is 12.2. The normalized spacial score (nSPS) is 10.9. The van der Waals surface area contributed by atoms with Gasteiger partial charge in [0.25, 0.3) is 0 Å². The van der Waals surface area contributed by atoms with Crippen molar-refractivity contribution in [1.29, 1.82) is 0 Å². The fourth-order valence-corrected chi connectivity index (χ4v) is 1.36. The van der Waals surface area contributed by atoms with Crippen LogP contribution in [0.3, 0.4) is 0 Å². The molecule has 0 aliphatic carbocycles. The lowest BCUT2D eigenvalue weighted by Crippen LogP contribution is -2.43. The molecule has 9 nitrogen and oxygen atoms in total. The molecular weight excluding hydrogens is 292 g/mol. The first-order chi connectivity index (χ1) is 10.4. The molecule has 0 fully saturated rings. The van der Waals surface area contributed by atoms with Crippen LogP contribution in [0.25, 0.3) is 0 Å². The van der Waals surface area contributed by atoms with Crippen molar-refractivity contribution in [3.63, 3.8) is 0 Å². The number of nitrogens with zero attached hydrogens (tertiary/aromatic N) is 4. The van der Waals surface area contributed by atoms with Crippen LogP contribution in [0.4, 0.5) is 15.4 Å². The number of imide groups is 1. The lowest BCUT2D eigenvalue weighted by Gasteiger charge is -2.24. The number of rotatable bonds is 2. The molecule has 0 saturated carbocycles. The molecule has 2 heterocycles. The highest BCUT2D eigenvalue weighted by Crippen LogP contribution is 2.18. The predicted molar refractivity (Wildman–Crippen MR) is 73.3 cm³/mol. The average molecular weight is 306 g/mol. The summed E-state index contributed by atoms with van der Waals surface area (Å²) in [5.41, 5.74) is -0.802. The highest BCUT2D eigenvalue weighted by Gasteiger charge is 2.32. The fourth-order valence-electron chi connectivity index (χ4n) is 1.36. The van der Waals surface area contributed by atoms with E-state index >= 15 is 0 Å². The Morgan fingerprint density at radius 1 is 1.14 bits per heavy atom. The van der Waals surface area contributed by atoms with E-state index in [9.17, 15) is 9.59 Å². The molecule has 9 heteroatoms. The summed E-state index contributed by atoms with van der Waals surface area (Å²) in [6.45, 7) is 5.00. The van der Waals surface area contributed by atoms with Crippen LogP contribution in [0.15, 0.2) is 35.6 Å². The number of oxazole rings is 1. The number of hydrogen-bond acceptors (Lipinski definition) is 8. The number of carbonyl (C=O) groups is 2. The fraction of sp³-hybridized carbons (Fsp3) is 0.308. The van der Waals surface area contributed by atoms with Crippen molar-refractivity contribution in [2.45, 2.75) is 26.4 Å². The minimum absolute atomic E-state index is 0.0405. The van der Waals surface area contributed by atoms with Gasteiger partial charge in [0.05, 0.1) is 6.20 Å². The Labute approximate surface area is 125 Å². The van der Waals surface area contributed by atoms with Crippen molar-refractivity contribution in [1.82, 2.24) is 15.0 Å². The van der Waals surface area contributed by atoms with Crippen LogP contribution in [-0.4, -0.2) is 32.7 Å². The van der Waals surface area contributed by atoms with Gasteiger partial charge in [0, 0.05) is 12.4 Å². The summed E-state index contributed by atoms with van der Waals surface area (Å²) < 4.78 is 14.9. The van der Waals surface area contributed by atoms with Crippen molar-refractivity contribution >= 4 is 18.0 Å². The Bertz CT molecular complexity index is 636. The van der Waals surface area contributed by atoms with Gasteiger partial charge in [-0.05, 0) is 20.8 Å². The lowest BCUT2D eigenvalue weighted by molar-refractivity contribution is 0.0580. The maximum Gasteiger partial charge on any atom is 0.433 e. The number of hydrogen-bond donors (Lipinski definition) is 0. The number of aromatic nitrogens is 3. The average Bonchev–Trinajstić information content (AvgIpc) is 2.90. The van der Waals surface area contributed by atoms with Crippen molar-refractivity contribution in [2.24, 2.45) is 0 Å². The Morgan fingerprint density at radius 2 is 1.91 bits per heavy atom. The minimum atomic E-state index is -1.05. The second kappa shape index (κ2) is 6.20. The van der Waals surface area contributed by atoms with Crippen LogP contribution < -0.4 is 9.64 Å². The van der Waals surface area contributed by atoms with E-state index in [2.05, 4.69) is 15.0 Å². The highest BCUT2D eigenvalue weighted by molar-refractivity contribution is 6.09. The molecule has 0 unspecified atom stereocenters. The molecule has 116 valence electrons. The van der Waals surface area contributed by atoms with Crippen molar-refractivity contribution < 1.29 is 23.5 Å². The summed E-state index contributed by atoms with van der Waals surface area (Å²) in [7, 11) is 0. The predicted octanol–water partition coefficient (Wildman–Crippen LogP) is 2.41. The first-order valence-corrected chi connectivity index (χ1v) is 6.26. The Hall–Kier alpha value is -2.97. The molecule has 0 N–H and O–H groups in total. The van der Waals surface area contributed by atoms with E-state index in [0.29, 0.717) is 4.90 Å². The third kappa shape index (κ3) is 4.01. The molecule has 22 heavy (non-hydrogen) atoms. The number of carbonyl (C=O) groups excluding carboxylic acids is 2. The van der Waals surface area contributed by atoms with Gasteiger partial charge in [0.1, 0.15) is 11.8 Å². The van der Waals surface area contributed by atoms with Gasteiger partial charge >= 0.3 is 18.1 Å². The Balaban J connectivity index is 2.25. The summed E-state index contributed by atoms with van der Waals surface area (Å²) in [6, 6.07) is 0. The standard InChI is InChI=1S/C13H14N4O5/c1-13(2,3)22-12(19)17(9-6-14-4-5-16-9)11(18)21-10-7-15-8-20-10/h4-8H,1-3H3. The van der Waals surface area contributed by atoms with Gasteiger partial charge in [-0.15, -0.1) is 0 Å². The van der Waals surface area contributed by atoms with E-state index in [1.54, 1.807) is 20.8 Å². The summed E-state index contributed by atoms with van der Waals surface area (Å²) in [5, 5.41) is 0. The summed E-state index contributed by atoms with van der Waals surface area (Å²) in [5.74, 6) is -0.205. The Morgan fingerprint density at radius 3 is 2.45 bits per heavy atom. The van der Waals surface area contributed by atoms with E-state index in [-0.39, 0.29) is 11.8 Å². The molecule has 0 aliphatic heterocycles. The first-order valence-electron chi connectivity index (χ1n) is 6.26. The van der Waals surface area contributed by atoms with E-state index in [4.69, 9.17) is 13.9 Å².